The molecule has 28 heteroatoms. The van der Waals surface area contributed by atoms with Gasteiger partial charge in [0.15, 0.2) is 5.11 Å². The number of thiocarbonyl (C=S) groups is 1. The smallest absolute Gasteiger partial charge is 0.326 e. The summed E-state index contributed by atoms with van der Waals surface area (Å²) in [5.74, 6) is -7.06. The van der Waals surface area contributed by atoms with Crippen LogP contribution in [0.25, 0.3) is 10.8 Å². The molecule has 8 amide bonds. The van der Waals surface area contributed by atoms with Crippen molar-refractivity contribution in [2.45, 2.75) is 94.8 Å². The van der Waals surface area contributed by atoms with Crippen molar-refractivity contribution >= 4 is 93.2 Å². The minimum atomic E-state index is -1.55. The first-order valence-corrected chi connectivity index (χ1v) is 28.9. The Morgan fingerprint density at radius 3 is 1.73 bits per heavy atom. The highest BCUT2D eigenvalue weighted by atomic mass is 32.1. The van der Waals surface area contributed by atoms with Gasteiger partial charge in [-0.3, -0.25) is 53.2 Å². The number of rotatable bonds is 30. The third-order valence-electron chi connectivity index (χ3n) is 15.1. The summed E-state index contributed by atoms with van der Waals surface area (Å²) in [7, 11) is 0. The molecule has 0 bridgehead atoms. The van der Waals surface area contributed by atoms with E-state index in [9.17, 15) is 58.2 Å². The van der Waals surface area contributed by atoms with E-state index in [0.717, 1.165) is 40.4 Å². The van der Waals surface area contributed by atoms with Crippen LogP contribution in [0, 0.1) is 11.8 Å². The van der Waals surface area contributed by atoms with Crippen molar-refractivity contribution in [3.05, 3.63) is 77.9 Å². The molecule has 1 unspecified atom stereocenters. The lowest BCUT2D eigenvalue weighted by Crippen LogP contribution is -2.54. The van der Waals surface area contributed by atoms with E-state index in [-0.39, 0.29) is 75.8 Å². The van der Waals surface area contributed by atoms with E-state index >= 15 is 0 Å². The van der Waals surface area contributed by atoms with Crippen LogP contribution in [-0.4, -0.2) is 209 Å². The zero-order chi connectivity index (χ0) is 62.0. The summed E-state index contributed by atoms with van der Waals surface area (Å²) in [6, 6.07) is 15.9. The van der Waals surface area contributed by atoms with Gasteiger partial charge in [-0.25, -0.2) is 14.4 Å². The van der Waals surface area contributed by atoms with E-state index in [1.54, 1.807) is 0 Å². The van der Waals surface area contributed by atoms with Crippen LogP contribution in [0.3, 0.4) is 0 Å². The monoisotopic (exact) mass is 1200 g/mol. The normalized spacial score (nSPS) is 18.6. The van der Waals surface area contributed by atoms with Gasteiger partial charge in [0.25, 0.3) is 0 Å². The molecule has 0 aromatic heterocycles. The summed E-state index contributed by atoms with van der Waals surface area (Å²) in [5.41, 5.74) is 25.1. The first kappa shape index (κ1) is 67.7. The molecule has 1 saturated heterocycles. The Kier molecular flexibility index (Phi) is 27.6. The van der Waals surface area contributed by atoms with E-state index < -0.39 is 84.4 Å². The van der Waals surface area contributed by atoms with Gasteiger partial charge in [0.05, 0.1) is 26.2 Å². The molecule has 1 heterocycles. The van der Waals surface area contributed by atoms with Crippen molar-refractivity contribution in [3.63, 3.8) is 0 Å². The number of carbonyl (C=O) groups is 10. The number of anilines is 1. The van der Waals surface area contributed by atoms with Crippen LogP contribution in [0.2, 0.25) is 0 Å². The first-order chi connectivity index (χ1) is 40.5. The van der Waals surface area contributed by atoms with Crippen molar-refractivity contribution in [3.8, 4) is 0 Å². The van der Waals surface area contributed by atoms with Crippen LogP contribution in [0.5, 0.6) is 0 Å². The summed E-state index contributed by atoms with van der Waals surface area (Å²) in [6.07, 6.45) is 2.81. The van der Waals surface area contributed by atoms with Crippen LogP contribution < -0.4 is 54.8 Å². The SMILES string of the molecule is NC(=O)CN1CCN(CC(N)=O)CCN(CC(N)=O)C(Cc2ccc(NC(=S)NCC3CCC(C(=O)N[C@@H](Cc4ccc5ccccc5c4)C(=O)NCCCC[C@H](NC(=O)N[C@@H](CCC(=O)O)C(=O)O)C(=O)O)CC3)cc2)CN(CC(N)=O)CC1. The summed E-state index contributed by atoms with van der Waals surface area (Å²) < 4.78 is 0. The maximum absolute atomic E-state index is 13.9. The Labute approximate surface area is 498 Å². The number of hydrogen-bond donors (Lipinski definition) is 13. The summed E-state index contributed by atoms with van der Waals surface area (Å²) in [6.45, 7) is 2.98. The van der Waals surface area contributed by atoms with E-state index in [1.165, 1.54) is 0 Å². The summed E-state index contributed by atoms with van der Waals surface area (Å²) in [4.78, 5) is 131. The molecule has 464 valence electrons. The number of amides is 8. The van der Waals surface area contributed by atoms with Crippen LogP contribution in [-0.2, 0) is 56.0 Å². The number of carboxylic acid groups (broad SMARTS) is 3. The van der Waals surface area contributed by atoms with Gasteiger partial charge in [0, 0.05) is 89.4 Å². The third kappa shape index (κ3) is 25.0. The second-order valence-corrected chi connectivity index (χ2v) is 22.2. The number of nitrogens with one attached hydrogen (secondary N) is 6. The highest BCUT2D eigenvalue weighted by Crippen LogP contribution is 2.29. The quantitative estimate of drug-likeness (QED) is 0.0284. The number of nitrogens with zero attached hydrogens (tertiary/aromatic N) is 4. The van der Waals surface area contributed by atoms with Crippen molar-refractivity contribution in [2.75, 3.05) is 90.4 Å². The first-order valence-electron chi connectivity index (χ1n) is 28.5. The lowest BCUT2D eigenvalue weighted by molar-refractivity contribution is -0.141. The Balaban J connectivity index is 1.13. The number of fused-ring (bicyclic) bond motifs is 1. The fourth-order valence-corrected chi connectivity index (χ4v) is 10.8. The molecule has 3 aromatic carbocycles. The topological polar surface area (TPSA) is 421 Å². The Morgan fingerprint density at radius 1 is 0.588 bits per heavy atom. The number of benzene rings is 3. The van der Waals surface area contributed by atoms with Crippen molar-refractivity contribution in [1.29, 1.82) is 0 Å². The standard InChI is InChI=1S/C57H82N14O13S/c58-47(72)32-68-21-22-69(33-48(59)73)25-26-71(35-50(61)75)43(31-70(24-23-68)34-49(60)74)28-36-11-16-42(17-12-36)64-57(85)63-30-37-8-14-40(15-9-37)52(78)65-46(29-38-10-13-39-5-1-2-6-41(39)27-38)53(79)62-20-4-3-7-44(54(80)81)66-56(84)67-45(55(82)83)18-19-51(76)77/h1-2,5-6,10-13,16-17,27,37,40,43-46H,3-4,7-9,14-15,18-26,28-35H2,(H2,58,72)(H2,59,73)(H2,60,74)(H2,61,75)(H,62,79)(H,65,78)(H,76,77)(H,80,81)(H,82,83)(H2,63,64,85)(H2,66,67,84)/t37?,40?,43?,44-,45-,46-/m0/s1. The molecule has 85 heavy (non-hydrogen) atoms. The molecular formula is C57H82N14O13S. The Hall–Kier alpha value is -8.05. The molecule has 1 aliphatic carbocycles. The second kappa shape index (κ2) is 34.7. The molecule has 2 fully saturated rings. The molecule has 1 aliphatic heterocycles. The second-order valence-electron chi connectivity index (χ2n) is 21.8. The largest absolute Gasteiger partial charge is 0.481 e. The maximum Gasteiger partial charge on any atom is 0.326 e. The molecule has 1 saturated carbocycles. The minimum absolute atomic E-state index is 0.0270. The molecule has 0 radical (unpaired) electrons. The number of unbranched alkanes of at least 4 members (excludes halogenated alkanes) is 1. The van der Waals surface area contributed by atoms with E-state index in [2.05, 4.69) is 31.9 Å². The zero-order valence-electron chi connectivity index (χ0n) is 47.7. The maximum atomic E-state index is 13.9. The molecule has 5 rings (SSSR count). The number of hydrogen-bond acceptors (Lipinski definition) is 15. The number of carbonyl (C=O) groups excluding carboxylic acids is 7. The van der Waals surface area contributed by atoms with Crippen LogP contribution in [0.4, 0.5) is 10.5 Å². The minimum Gasteiger partial charge on any atom is -0.481 e. The van der Waals surface area contributed by atoms with Gasteiger partial charge < -0.3 is 70.2 Å². The van der Waals surface area contributed by atoms with Gasteiger partial charge in [0.2, 0.25) is 35.4 Å². The van der Waals surface area contributed by atoms with Gasteiger partial charge in [-0.05, 0) is 110 Å². The van der Waals surface area contributed by atoms with Gasteiger partial charge in [-0.2, -0.15) is 0 Å². The molecule has 27 nitrogen and oxygen atoms in total. The van der Waals surface area contributed by atoms with Crippen molar-refractivity contribution in [2.24, 2.45) is 34.8 Å². The predicted molar refractivity (Wildman–Crippen MR) is 319 cm³/mol. The van der Waals surface area contributed by atoms with Crippen molar-refractivity contribution < 1.29 is 63.3 Å². The van der Waals surface area contributed by atoms with Gasteiger partial charge >= 0.3 is 23.9 Å². The number of carboxylic acids is 3. The Morgan fingerprint density at radius 2 is 1.14 bits per heavy atom. The zero-order valence-corrected chi connectivity index (χ0v) is 48.5. The fraction of sp³-hybridized carbons (Fsp3) is 0.526. The van der Waals surface area contributed by atoms with Gasteiger partial charge in [-0.15, -0.1) is 0 Å². The van der Waals surface area contributed by atoms with E-state index in [4.69, 9.17) is 40.3 Å². The molecule has 17 N–H and O–H groups in total. The van der Waals surface area contributed by atoms with Gasteiger partial charge in [0.1, 0.15) is 18.1 Å². The fourth-order valence-electron chi connectivity index (χ4n) is 10.6. The number of urea groups is 1. The molecule has 2 aliphatic rings. The lowest BCUT2D eigenvalue weighted by atomic mass is 9.81. The van der Waals surface area contributed by atoms with Crippen LogP contribution in [0.1, 0.15) is 68.9 Å². The summed E-state index contributed by atoms with van der Waals surface area (Å²) >= 11 is 5.69. The average Bonchev–Trinajstić information content (AvgIpc) is 3.58. The number of aliphatic carboxylic acids is 3. The summed E-state index contributed by atoms with van der Waals surface area (Å²) in [5, 5.41) is 47.1. The Bertz CT molecular complexity index is 2800. The van der Waals surface area contributed by atoms with Gasteiger partial charge in [-0.1, -0.05) is 54.6 Å². The average molecular weight is 1200 g/mol. The highest BCUT2D eigenvalue weighted by molar-refractivity contribution is 7.80. The lowest BCUT2D eigenvalue weighted by Gasteiger charge is -2.38. The van der Waals surface area contributed by atoms with E-state index in [1.807, 2.05) is 86.3 Å². The molecule has 4 atom stereocenters. The molecule has 3 aromatic rings. The van der Waals surface area contributed by atoms with Crippen molar-refractivity contribution in [1.82, 2.24) is 46.2 Å². The number of primary amides is 4. The third-order valence-corrected chi connectivity index (χ3v) is 15.3. The molecular weight excluding hydrogens is 1120 g/mol. The molecule has 0 spiro atoms. The van der Waals surface area contributed by atoms with Crippen LogP contribution >= 0.6 is 12.2 Å². The number of nitrogens with two attached hydrogens (primary N) is 4. The van der Waals surface area contributed by atoms with E-state index in [0.29, 0.717) is 83.2 Å². The highest BCUT2D eigenvalue weighted by Gasteiger charge is 2.32. The predicted octanol–water partition coefficient (Wildman–Crippen LogP) is -0.909. The van der Waals surface area contributed by atoms with Crippen LogP contribution in [0.15, 0.2) is 66.7 Å².